The van der Waals surface area contributed by atoms with E-state index in [0.29, 0.717) is 5.95 Å². The van der Waals surface area contributed by atoms with Crippen LogP contribution in [0.25, 0.3) is 16.7 Å². The predicted molar refractivity (Wildman–Crippen MR) is 82.7 cm³/mol. The number of anilines is 1. The van der Waals surface area contributed by atoms with E-state index >= 15 is 0 Å². The largest absolute Gasteiger partial charge is 0.369 e. The number of hydrogen-bond acceptors (Lipinski definition) is 2. The van der Waals surface area contributed by atoms with Gasteiger partial charge in [0.15, 0.2) is 0 Å². The second-order valence-electron chi connectivity index (χ2n) is 4.68. The summed E-state index contributed by atoms with van der Waals surface area (Å²) < 4.78 is 3.08. The fraction of sp³-hybridized carbons (Fsp3) is 0.133. The summed E-state index contributed by atoms with van der Waals surface area (Å²) in [6.07, 6.45) is 0. The molecule has 0 radical (unpaired) electrons. The van der Waals surface area contributed by atoms with Gasteiger partial charge in [0.05, 0.1) is 11.0 Å². The monoisotopic (exact) mass is 315 g/mol. The van der Waals surface area contributed by atoms with Crippen LogP contribution in [-0.2, 0) is 0 Å². The van der Waals surface area contributed by atoms with Crippen LogP contribution < -0.4 is 5.73 Å². The van der Waals surface area contributed by atoms with Crippen LogP contribution in [0.4, 0.5) is 5.95 Å². The van der Waals surface area contributed by atoms with Crippen LogP contribution in [0.5, 0.6) is 0 Å². The third-order valence-electron chi connectivity index (χ3n) is 3.31. The Bertz CT molecular complexity index is 774. The minimum atomic E-state index is 0.519. The van der Waals surface area contributed by atoms with Gasteiger partial charge in [-0.05, 0) is 49.2 Å². The first-order valence-electron chi connectivity index (χ1n) is 6.08. The van der Waals surface area contributed by atoms with Crippen LogP contribution in [0.1, 0.15) is 11.1 Å². The van der Waals surface area contributed by atoms with Crippen molar-refractivity contribution in [3.63, 3.8) is 0 Å². The van der Waals surface area contributed by atoms with E-state index in [4.69, 9.17) is 5.73 Å². The number of fused-ring (bicyclic) bond motifs is 1. The summed E-state index contributed by atoms with van der Waals surface area (Å²) in [5.74, 6) is 0.519. The van der Waals surface area contributed by atoms with Gasteiger partial charge in [-0.25, -0.2) is 4.98 Å². The molecule has 1 heterocycles. The number of nitrogen functional groups attached to an aromatic ring is 1. The standard InChI is InChI=1S/C15H14BrN3/c1-9-4-3-5-13-14(9)18-15(17)19(13)11-6-7-12(16)10(2)8-11/h3-8H,1-2H3,(H2,17,18). The van der Waals surface area contributed by atoms with E-state index < -0.39 is 0 Å². The fourth-order valence-electron chi connectivity index (χ4n) is 2.30. The molecule has 0 aliphatic heterocycles. The van der Waals surface area contributed by atoms with Crippen LogP contribution in [-0.4, -0.2) is 9.55 Å². The molecule has 0 unspecified atom stereocenters. The van der Waals surface area contributed by atoms with Crippen LogP contribution in [0.2, 0.25) is 0 Å². The topological polar surface area (TPSA) is 43.8 Å². The smallest absolute Gasteiger partial charge is 0.205 e. The molecule has 0 fully saturated rings. The van der Waals surface area contributed by atoms with Crippen LogP contribution in [0.15, 0.2) is 40.9 Å². The molecule has 0 atom stereocenters. The molecule has 3 aromatic rings. The third kappa shape index (κ3) is 1.92. The summed E-state index contributed by atoms with van der Waals surface area (Å²) in [7, 11) is 0. The molecule has 19 heavy (non-hydrogen) atoms. The van der Waals surface area contributed by atoms with Gasteiger partial charge in [0.25, 0.3) is 0 Å². The molecule has 0 aliphatic carbocycles. The highest BCUT2D eigenvalue weighted by Gasteiger charge is 2.11. The second-order valence-corrected chi connectivity index (χ2v) is 5.54. The number of hydrogen-bond donors (Lipinski definition) is 1. The van der Waals surface area contributed by atoms with E-state index in [2.05, 4.69) is 33.9 Å². The van der Waals surface area contributed by atoms with Crippen LogP contribution in [0.3, 0.4) is 0 Å². The fourth-order valence-corrected chi connectivity index (χ4v) is 2.54. The van der Waals surface area contributed by atoms with Gasteiger partial charge in [-0.3, -0.25) is 4.57 Å². The Kier molecular flexibility index (Phi) is 2.82. The number of nitrogens with zero attached hydrogens (tertiary/aromatic N) is 2. The highest BCUT2D eigenvalue weighted by atomic mass is 79.9. The summed E-state index contributed by atoms with van der Waals surface area (Å²) >= 11 is 3.52. The molecule has 2 N–H and O–H groups in total. The number of halogens is 1. The van der Waals surface area contributed by atoms with Gasteiger partial charge in [0.1, 0.15) is 0 Å². The van der Waals surface area contributed by atoms with Crippen molar-refractivity contribution in [2.75, 3.05) is 5.73 Å². The summed E-state index contributed by atoms with van der Waals surface area (Å²) in [6.45, 7) is 4.11. The van der Waals surface area contributed by atoms with Crippen molar-refractivity contribution in [2.45, 2.75) is 13.8 Å². The summed E-state index contributed by atoms with van der Waals surface area (Å²) in [6, 6.07) is 12.3. The summed E-state index contributed by atoms with van der Waals surface area (Å²) in [5.41, 5.74) is 11.4. The van der Waals surface area contributed by atoms with Gasteiger partial charge in [-0.1, -0.05) is 28.1 Å². The van der Waals surface area contributed by atoms with Crippen molar-refractivity contribution >= 4 is 32.9 Å². The Morgan fingerprint density at radius 1 is 1.11 bits per heavy atom. The van der Waals surface area contributed by atoms with E-state index in [9.17, 15) is 0 Å². The van der Waals surface area contributed by atoms with Gasteiger partial charge in [0.2, 0.25) is 5.95 Å². The van der Waals surface area contributed by atoms with Gasteiger partial charge in [0, 0.05) is 10.2 Å². The van der Waals surface area contributed by atoms with E-state index in [1.165, 1.54) is 5.56 Å². The molecule has 0 aliphatic rings. The first-order valence-corrected chi connectivity index (χ1v) is 6.87. The SMILES string of the molecule is Cc1cc(-n2c(N)nc3c(C)cccc32)ccc1Br. The molecule has 4 heteroatoms. The van der Waals surface area contributed by atoms with Gasteiger partial charge in [-0.15, -0.1) is 0 Å². The number of imidazole rings is 1. The minimum absolute atomic E-state index is 0.519. The number of benzene rings is 2. The second kappa shape index (κ2) is 4.38. The zero-order chi connectivity index (χ0) is 13.6. The number of aromatic nitrogens is 2. The van der Waals surface area contributed by atoms with Crippen molar-refractivity contribution in [1.82, 2.24) is 9.55 Å². The predicted octanol–water partition coefficient (Wildman–Crippen LogP) is 3.99. The molecule has 0 saturated heterocycles. The first kappa shape index (κ1) is 12.2. The van der Waals surface area contributed by atoms with Crippen molar-refractivity contribution in [3.05, 3.63) is 52.0 Å². The normalized spacial score (nSPS) is 11.1. The maximum absolute atomic E-state index is 6.08. The molecule has 3 rings (SSSR count). The van der Waals surface area contributed by atoms with Gasteiger partial charge >= 0.3 is 0 Å². The lowest BCUT2D eigenvalue weighted by molar-refractivity contribution is 1.10. The van der Waals surface area contributed by atoms with Crippen molar-refractivity contribution < 1.29 is 0 Å². The van der Waals surface area contributed by atoms with E-state index in [0.717, 1.165) is 26.8 Å². The number of rotatable bonds is 1. The Morgan fingerprint density at radius 3 is 2.63 bits per heavy atom. The van der Waals surface area contributed by atoms with E-state index in [1.807, 2.05) is 41.8 Å². The third-order valence-corrected chi connectivity index (χ3v) is 4.20. The maximum Gasteiger partial charge on any atom is 0.205 e. The summed E-state index contributed by atoms with van der Waals surface area (Å²) in [5, 5.41) is 0. The zero-order valence-corrected chi connectivity index (χ0v) is 12.4. The van der Waals surface area contributed by atoms with Gasteiger partial charge in [-0.2, -0.15) is 0 Å². The Balaban J connectivity index is 2.33. The first-order chi connectivity index (χ1) is 9.08. The molecular weight excluding hydrogens is 302 g/mol. The lowest BCUT2D eigenvalue weighted by Gasteiger charge is -2.08. The number of aryl methyl sites for hydroxylation is 2. The van der Waals surface area contributed by atoms with Crippen molar-refractivity contribution in [1.29, 1.82) is 0 Å². The number of nitrogens with two attached hydrogens (primary N) is 1. The zero-order valence-electron chi connectivity index (χ0n) is 10.8. The molecule has 0 spiro atoms. The van der Waals surface area contributed by atoms with Crippen LogP contribution in [0, 0.1) is 13.8 Å². The van der Waals surface area contributed by atoms with Crippen molar-refractivity contribution in [3.8, 4) is 5.69 Å². The quantitative estimate of drug-likeness (QED) is 0.738. The Labute approximate surface area is 120 Å². The maximum atomic E-state index is 6.08. The molecular formula is C15H14BrN3. The molecule has 2 aromatic carbocycles. The molecule has 0 saturated carbocycles. The molecule has 1 aromatic heterocycles. The highest BCUT2D eigenvalue weighted by Crippen LogP contribution is 2.27. The van der Waals surface area contributed by atoms with Crippen LogP contribution >= 0.6 is 15.9 Å². The highest BCUT2D eigenvalue weighted by molar-refractivity contribution is 9.10. The minimum Gasteiger partial charge on any atom is -0.369 e. The van der Waals surface area contributed by atoms with E-state index in [1.54, 1.807) is 0 Å². The molecule has 96 valence electrons. The number of para-hydroxylation sites is 1. The lowest BCUT2D eigenvalue weighted by Crippen LogP contribution is -2.00. The average Bonchev–Trinajstić information content (AvgIpc) is 2.71. The molecule has 0 amide bonds. The molecule has 3 nitrogen and oxygen atoms in total. The molecule has 0 bridgehead atoms. The van der Waals surface area contributed by atoms with Crippen molar-refractivity contribution in [2.24, 2.45) is 0 Å². The van der Waals surface area contributed by atoms with Gasteiger partial charge < -0.3 is 5.73 Å². The Morgan fingerprint density at radius 2 is 1.89 bits per heavy atom. The summed E-state index contributed by atoms with van der Waals surface area (Å²) in [4.78, 5) is 4.47. The Hall–Kier alpha value is -1.81. The average molecular weight is 316 g/mol. The van der Waals surface area contributed by atoms with E-state index in [-0.39, 0.29) is 0 Å². The lowest BCUT2D eigenvalue weighted by atomic mass is 10.2.